The molecule has 1 heterocycles. The number of carbonyl (C=O) groups is 2. The number of amides is 3. The number of benzene rings is 1. The highest BCUT2D eigenvalue weighted by atomic mass is 35.5. The average molecular weight is 561 g/mol. The normalized spacial score (nSPS) is 12.3. The third-order valence-electron chi connectivity index (χ3n) is 4.47. The van der Waals surface area contributed by atoms with Crippen molar-refractivity contribution in [3.63, 3.8) is 0 Å². The molecule has 3 amide bonds. The van der Waals surface area contributed by atoms with Crippen LogP contribution in [-0.2, 0) is 4.79 Å². The molecule has 0 saturated carbocycles. The predicted octanol–water partition coefficient (Wildman–Crippen LogP) is 5.91. The summed E-state index contributed by atoms with van der Waals surface area (Å²) in [5.41, 5.74) is 1.73. The smallest absolute Gasteiger partial charge is 0.397 e. The van der Waals surface area contributed by atoms with Gasteiger partial charge in [0.05, 0.1) is 16.8 Å². The van der Waals surface area contributed by atoms with E-state index < -0.39 is 49.4 Å². The minimum Gasteiger partial charge on any atom is -0.485 e. The van der Waals surface area contributed by atoms with Crippen LogP contribution in [0.4, 0.5) is 31.1 Å². The molecular weight excluding hydrogens is 541 g/mol. The van der Waals surface area contributed by atoms with Crippen molar-refractivity contribution in [3.8, 4) is 16.9 Å². The van der Waals surface area contributed by atoms with Gasteiger partial charge in [-0.25, -0.2) is 23.0 Å². The lowest BCUT2D eigenvalue weighted by atomic mass is 10.0. The van der Waals surface area contributed by atoms with E-state index >= 15 is 0 Å². The van der Waals surface area contributed by atoms with E-state index in [1.54, 1.807) is 0 Å². The number of pyridine rings is 1. The molecule has 0 fully saturated rings. The van der Waals surface area contributed by atoms with E-state index in [1.165, 1.54) is 32.2 Å². The first-order chi connectivity index (χ1) is 16.7. The number of hydrazine groups is 1. The molecule has 2 N–H and O–H groups in total. The SMILES string of the molecule is CCN(NC(=O)CC(F)(F)F)C(=O)N[C@H](C)c1ncc(-c2cc(Cl)cc(Cl)c2OCC(F)F)cc1F. The molecule has 0 bridgehead atoms. The molecule has 0 unspecified atom stereocenters. The Labute approximate surface area is 211 Å². The Morgan fingerprint density at radius 2 is 1.86 bits per heavy atom. The van der Waals surface area contributed by atoms with Crippen molar-refractivity contribution in [2.75, 3.05) is 13.2 Å². The largest absolute Gasteiger partial charge is 0.485 e. The number of carbonyl (C=O) groups excluding carboxylic acids is 2. The number of aromatic nitrogens is 1. The third-order valence-corrected chi connectivity index (χ3v) is 4.97. The van der Waals surface area contributed by atoms with Gasteiger partial charge in [-0.3, -0.25) is 15.2 Å². The van der Waals surface area contributed by atoms with Crippen LogP contribution in [0.3, 0.4) is 0 Å². The fourth-order valence-corrected chi connectivity index (χ4v) is 3.51. The molecule has 36 heavy (non-hydrogen) atoms. The minimum atomic E-state index is -4.76. The molecule has 0 saturated heterocycles. The van der Waals surface area contributed by atoms with Gasteiger partial charge in [-0.2, -0.15) is 13.2 Å². The second-order valence-corrected chi connectivity index (χ2v) is 8.14. The van der Waals surface area contributed by atoms with E-state index in [2.05, 4.69) is 10.3 Å². The second kappa shape index (κ2) is 12.3. The fourth-order valence-electron chi connectivity index (χ4n) is 2.96. The van der Waals surface area contributed by atoms with Crippen molar-refractivity contribution in [2.24, 2.45) is 0 Å². The molecule has 2 rings (SSSR count). The number of alkyl halides is 5. The van der Waals surface area contributed by atoms with Gasteiger partial charge in [-0.1, -0.05) is 23.2 Å². The molecular formula is C21H20Cl2F6N4O3. The number of hydrogen-bond donors (Lipinski definition) is 2. The first-order valence-corrected chi connectivity index (χ1v) is 11.0. The molecule has 1 atom stereocenters. The Morgan fingerprint density at radius 1 is 1.19 bits per heavy atom. The quantitative estimate of drug-likeness (QED) is 0.310. The van der Waals surface area contributed by atoms with E-state index in [4.69, 9.17) is 27.9 Å². The van der Waals surface area contributed by atoms with Crippen molar-refractivity contribution in [1.82, 2.24) is 20.7 Å². The van der Waals surface area contributed by atoms with Gasteiger partial charge in [-0.05, 0) is 32.0 Å². The van der Waals surface area contributed by atoms with Gasteiger partial charge in [0.1, 0.15) is 24.6 Å². The summed E-state index contributed by atoms with van der Waals surface area (Å²) in [4.78, 5) is 27.8. The Balaban J connectivity index is 2.22. The van der Waals surface area contributed by atoms with Gasteiger partial charge >= 0.3 is 12.2 Å². The molecule has 0 aliphatic carbocycles. The lowest BCUT2D eigenvalue weighted by Gasteiger charge is -2.24. The monoisotopic (exact) mass is 560 g/mol. The Hall–Kier alpha value is -2.93. The van der Waals surface area contributed by atoms with Gasteiger partial charge in [0, 0.05) is 28.9 Å². The fraction of sp³-hybridized carbons (Fsp3) is 0.381. The third kappa shape index (κ3) is 8.33. The van der Waals surface area contributed by atoms with E-state index in [0.29, 0.717) is 5.01 Å². The molecule has 1 aromatic carbocycles. The molecule has 0 aliphatic rings. The first kappa shape index (κ1) is 29.3. The molecule has 15 heteroatoms. The van der Waals surface area contributed by atoms with E-state index in [0.717, 1.165) is 6.07 Å². The lowest BCUT2D eigenvalue weighted by molar-refractivity contribution is -0.156. The maximum Gasteiger partial charge on any atom is 0.397 e. The minimum absolute atomic E-state index is 0.0815. The molecule has 0 aliphatic heterocycles. The van der Waals surface area contributed by atoms with Crippen molar-refractivity contribution in [1.29, 1.82) is 0 Å². The number of nitrogens with zero attached hydrogens (tertiary/aromatic N) is 2. The summed E-state index contributed by atoms with van der Waals surface area (Å²) in [6.07, 6.45) is -8.19. The number of nitrogens with one attached hydrogen (secondary N) is 2. The summed E-state index contributed by atoms with van der Waals surface area (Å²) in [5.74, 6) is -2.53. The lowest BCUT2D eigenvalue weighted by Crippen LogP contribution is -2.51. The maximum atomic E-state index is 14.9. The van der Waals surface area contributed by atoms with Crippen LogP contribution >= 0.6 is 23.2 Å². The van der Waals surface area contributed by atoms with Crippen LogP contribution in [0.1, 0.15) is 32.0 Å². The molecule has 7 nitrogen and oxygen atoms in total. The molecule has 1 aromatic heterocycles. The first-order valence-electron chi connectivity index (χ1n) is 10.2. The van der Waals surface area contributed by atoms with Gasteiger partial charge in [0.2, 0.25) is 5.91 Å². The Kier molecular flexibility index (Phi) is 10.1. The number of halogens is 8. The van der Waals surface area contributed by atoms with E-state index in [1.807, 2.05) is 5.43 Å². The zero-order chi connectivity index (χ0) is 27.2. The Morgan fingerprint density at radius 3 is 2.42 bits per heavy atom. The topological polar surface area (TPSA) is 83.6 Å². The van der Waals surface area contributed by atoms with Crippen molar-refractivity contribution in [3.05, 3.63) is 46.0 Å². The summed E-state index contributed by atoms with van der Waals surface area (Å²) < 4.78 is 82.3. The summed E-state index contributed by atoms with van der Waals surface area (Å²) in [6, 6.07) is 1.48. The number of ether oxygens (including phenoxy) is 1. The Bertz CT molecular complexity index is 1100. The zero-order valence-corrected chi connectivity index (χ0v) is 20.2. The van der Waals surface area contributed by atoms with Crippen LogP contribution in [0, 0.1) is 5.82 Å². The van der Waals surface area contributed by atoms with E-state index in [-0.39, 0.29) is 39.2 Å². The van der Waals surface area contributed by atoms with Crippen molar-refractivity contribution >= 4 is 35.1 Å². The number of urea groups is 1. The highest BCUT2D eigenvalue weighted by molar-refractivity contribution is 6.36. The zero-order valence-electron chi connectivity index (χ0n) is 18.7. The second-order valence-electron chi connectivity index (χ2n) is 7.30. The maximum absolute atomic E-state index is 14.9. The van der Waals surface area contributed by atoms with Crippen LogP contribution in [0.25, 0.3) is 11.1 Å². The average Bonchev–Trinajstić information content (AvgIpc) is 2.74. The summed E-state index contributed by atoms with van der Waals surface area (Å²) in [6.45, 7) is 1.59. The molecule has 198 valence electrons. The van der Waals surface area contributed by atoms with Gasteiger partial charge < -0.3 is 10.1 Å². The van der Waals surface area contributed by atoms with Crippen LogP contribution in [0.2, 0.25) is 10.0 Å². The van der Waals surface area contributed by atoms with Crippen molar-refractivity contribution in [2.45, 2.75) is 38.9 Å². The van der Waals surface area contributed by atoms with Gasteiger partial charge in [0.15, 0.2) is 0 Å². The van der Waals surface area contributed by atoms with Crippen LogP contribution in [-0.4, -0.2) is 47.7 Å². The van der Waals surface area contributed by atoms with Crippen LogP contribution in [0.15, 0.2) is 24.4 Å². The van der Waals surface area contributed by atoms with Gasteiger partial charge in [0.25, 0.3) is 6.43 Å². The predicted molar refractivity (Wildman–Crippen MR) is 119 cm³/mol. The van der Waals surface area contributed by atoms with Crippen LogP contribution in [0.5, 0.6) is 5.75 Å². The highest BCUT2D eigenvalue weighted by Crippen LogP contribution is 2.39. The summed E-state index contributed by atoms with van der Waals surface area (Å²) in [7, 11) is 0. The molecule has 0 radical (unpaired) electrons. The molecule has 0 spiro atoms. The van der Waals surface area contributed by atoms with Gasteiger partial charge in [-0.15, -0.1) is 0 Å². The standard InChI is InChI=1S/C21H20Cl2F6N4O3/c1-3-33(32-17(34)7-21(27,28)29)20(35)31-10(2)18-15(24)4-11(8-30-18)13-5-12(22)6-14(23)19(13)36-9-16(25)26/h4-6,8,10,16H,3,7,9H2,1-2H3,(H,31,35)(H,32,34)/t10-/m1/s1. The van der Waals surface area contributed by atoms with E-state index in [9.17, 15) is 35.9 Å². The highest BCUT2D eigenvalue weighted by Gasteiger charge is 2.32. The number of rotatable bonds is 8. The number of hydrogen-bond acceptors (Lipinski definition) is 4. The molecule has 2 aromatic rings. The summed E-state index contributed by atoms with van der Waals surface area (Å²) >= 11 is 12.0. The van der Waals surface area contributed by atoms with Crippen LogP contribution < -0.4 is 15.5 Å². The summed E-state index contributed by atoms with van der Waals surface area (Å²) in [5, 5.41) is 2.95. The van der Waals surface area contributed by atoms with Crippen molar-refractivity contribution < 1.29 is 40.7 Å².